The van der Waals surface area contributed by atoms with E-state index >= 15 is 0 Å². The Balaban J connectivity index is 1.59. The zero-order chi connectivity index (χ0) is 18.6. The lowest BCUT2D eigenvalue weighted by Gasteiger charge is -2.16. The third-order valence-electron chi connectivity index (χ3n) is 3.92. The standard InChI is InChI=1S/C20H14ClN3OS2/c21-15-8-4-7-14(11-15)19-23-16(12-27-19)18(25)24-17(20-22-9-10-26-20)13-5-2-1-3-6-13/h1-12,17H,(H,24,25)/t17-/m0/s1. The van der Waals surface area contributed by atoms with E-state index in [1.54, 1.807) is 11.6 Å². The Hall–Kier alpha value is -2.54. The molecule has 7 heteroatoms. The fraction of sp³-hybridized carbons (Fsp3) is 0.0500. The van der Waals surface area contributed by atoms with E-state index in [4.69, 9.17) is 11.6 Å². The number of amides is 1. The van der Waals surface area contributed by atoms with E-state index in [9.17, 15) is 4.79 Å². The fourth-order valence-corrected chi connectivity index (χ4v) is 4.35. The zero-order valence-electron chi connectivity index (χ0n) is 14.0. The van der Waals surface area contributed by atoms with E-state index < -0.39 is 0 Å². The van der Waals surface area contributed by atoms with Crippen molar-refractivity contribution in [2.75, 3.05) is 0 Å². The monoisotopic (exact) mass is 411 g/mol. The van der Waals surface area contributed by atoms with Gasteiger partial charge in [0.05, 0.1) is 0 Å². The summed E-state index contributed by atoms with van der Waals surface area (Å²) in [4.78, 5) is 21.7. The summed E-state index contributed by atoms with van der Waals surface area (Å²) in [5, 5.41) is 8.95. The van der Waals surface area contributed by atoms with Crippen LogP contribution in [0.3, 0.4) is 0 Å². The maximum absolute atomic E-state index is 12.8. The van der Waals surface area contributed by atoms with Crippen LogP contribution in [0.15, 0.2) is 71.6 Å². The van der Waals surface area contributed by atoms with Crippen LogP contribution in [0.1, 0.15) is 27.1 Å². The van der Waals surface area contributed by atoms with E-state index in [-0.39, 0.29) is 11.9 Å². The van der Waals surface area contributed by atoms with Gasteiger partial charge in [-0.3, -0.25) is 4.79 Å². The minimum Gasteiger partial charge on any atom is -0.337 e. The Morgan fingerprint density at radius 2 is 1.93 bits per heavy atom. The Bertz CT molecular complexity index is 1050. The van der Waals surface area contributed by atoms with Crippen LogP contribution in [0, 0.1) is 0 Å². The van der Waals surface area contributed by atoms with Crippen LogP contribution in [-0.2, 0) is 0 Å². The molecular formula is C20H14ClN3OS2. The summed E-state index contributed by atoms with van der Waals surface area (Å²) in [6, 6.07) is 16.9. The molecule has 0 saturated heterocycles. The number of nitrogens with one attached hydrogen (secondary N) is 1. The molecule has 4 rings (SSSR count). The topological polar surface area (TPSA) is 54.9 Å². The number of aromatic nitrogens is 2. The second kappa shape index (κ2) is 8.00. The summed E-state index contributed by atoms with van der Waals surface area (Å²) in [6.07, 6.45) is 1.74. The second-order valence-electron chi connectivity index (χ2n) is 5.74. The smallest absolute Gasteiger partial charge is 0.271 e. The molecule has 0 spiro atoms. The molecule has 1 atom stereocenters. The van der Waals surface area contributed by atoms with Gasteiger partial charge in [0, 0.05) is 27.5 Å². The lowest BCUT2D eigenvalue weighted by Crippen LogP contribution is -2.29. The van der Waals surface area contributed by atoms with Crippen LogP contribution in [-0.4, -0.2) is 15.9 Å². The van der Waals surface area contributed by atoms with Gasteiger partial charge in [-0.1, -0.05) is 54.1 Å². The molecular weight excluding hydrogens is 398 g/mol. The highest BCUT2D eigenvalue weighted by atomic mass is 35.5. The molecule has 0 fully saturated rings. The highest BCUT2D eigenvalue weighted by molar-refractivity contribution is 7.13. The molecule has 0 aliphatic heterocycles. The maximum Gasteiger partial charge on any atom is 0.271 e. The first-order valence-corrected chi connectivity index (χ1v) is 10.3. The van der Waals surface area contributed by atoms with Crippen molar-refractivity contribution in [2.45, 2.75) is 6.04 Å². The van der Waals surface area contributed by atoms with E-state index in [0.717, 1.165) is 21.1 Å². The molecule has 0 aliphatic rings. The van der Waals surface area contributed by atoms with E-state index in [2.05, 4.69) is 15.3 Å². The summed E-state index contributed by atoms with van der Waals surface area (Å²) in [6.45, 7) is 0. The van der Waals surface area contributed by atoms with Crippen molar-refractivity contribution in [2.24, 2.45) is 0 Å². The number of benzene rings is 2. The van der Waals surface area contributed by atoms with Gasteiger partial charge in [-0.25, -0.2) is 9.97 Å². The minimum absolute atomic E-state index is 0.233. The van der Waals surface area contributed by atoms with Gasteiger partial charge in [-0.15, -0.1) is 22.7 Å². The van der Waals surface area contributed by atoms with Crippen LogP contribution in [0.4, 0.5) is 0 Å². The summed E-state index contributed by atoms with van der Waals surface area (Å²) in [5.41, 5.74) is 2.25. The third kappa shape index (κ3) is 4.08. The Morgan fingerprint density at radius 3 is 2.67 bits per heavy atom. The molecule has 1 amide bonds. The second-order valence-corrected chi connectivity index (χ2v) is 7.96. The number of halogens is 1. The highest BCUT2D eigenvalue weighted by Gasteiger charge is 2.21. The molecule has 0 bridgehead atoms. The van der Waals surface area contributed by atoms with E-state index in [0.29, 0.717) is 10.7 Å². The molecule has 4 nitrogen and oxygen atoms in total. The van der Waals surface area contributed by atoms with Gasteiger partial charge in [0.25, 0.3) is 5.91 Å². The molecule has 2 aromatic carbocycles. The molecule has 0 saturated carbocycles. The number of carbonyl (C=O) groups excluding carboxylic acids is 1. The number of rotatable bonds is 5. The lowest BCUT2D eigenvalue weighted by atomic mass is 10.1. The molecule has 27 heavy (non-hydrogen) atoms. The Morgan fingerprint density at radius 1 is 1.07 bits per heavy atom. The molecule has 0 radical (unpaired) electrons. The van der Waals surface area contributed by atoms with Gasteiger partial charge in [0.1, 0.15) is 21.8 Å². The van der Waals surface area contributed by atoms with Crippen LogP contribution >= 0.6 is 34.3 Å². The van der Waals surface area contributed by atoms with Gasteiger partial charge in [-0.05, 0) is 17.7 Å². The lowest BCUT2D eigenvalue weighted by molar-refractivity contribution is 0.0938. The number of nitrogens with zero attached hydrogens (tertiary/aromatic N) is 2. The SMILES string of the molecule is O=C(N[C@@H](c1ccccc1)c1nccs1)c1csc(-c2cccc(Cl)c2)n1. The Kier molecular flexibility index (Phi) is 5.29. The maximum atomic E-state index is 12.8. The highest BCUT2D eigenvalue weighted by Crippen LogP contribution is 2.27. The van der Waals surface area contributed by atoms with Gasteiger partial charge >= 0.3 is 0 Å². The molecule has 2 aromatic heterocycles. The summed E-state index contributed by atoms with van der Waals surface area (Å²) in [5.74, 6) is -0.233. The predicted octanol–water partition coefficient (Wildman–Crippen LogP) is 5.44. The third-order valence-corrected chi connectivity index (χ3v) is 5.88. The largest absolute Gasteiger partial charge is 0.337 e. The van der Waals surface area contributed by atoms with Crippen molar-refractivity contribution in [1.82, 2.24) is 15.3 Å². The quantitative estimate of drug-likeness (QED) is 0.475. The molecule has 4 aromatic rings. The molecule has 2 heterocycles. The van der Waals surface area contributed by atoms with Crippen LogP contribution in [0.5, 0.6) is 0 Å². The molecule has 134 valence electrons. The van der Waals surface area contributed by atoms with Crippen molar-refractivity contribution < 1.29 is 4.79 Å². The summed E-state index contributed by atoms with van der Waals surface area (Å²) >= 11 is 8.97. The van der Waals surface area contributed by atoms with Gasteiger partial charge < -0.3 is 5.32 Å². The number of hydrogen-bond acceptors (Lipinski definition) is 5. The van der Waals surface area contributed by atoms with Crippen molar-refractivity contribution in [3.8, 4) is 10.6 Å². The summed E-state index contributed by atoms with van der Waals surface area (Å²) in [7, 11) is 0. The average Bonchev–Trinajstić information content (AvgIpc) is 3.39. The number of carbonyl (C=O) groups is 1. The van der Waals surface area contributed by atoms with E-state index in [1.165, 1.54) is 22.7 Å². The molecule has 1 N–H and O–H groups in total. The first kappa shape index (κ1) is 17.9. The van der Waals surface area contributed by atoms with Crippen LogP contribution < -0.4 is 5.32 Å². The molecule has 0 unspecified atom stereocenters. The van der Waals surface area contributed by atoms with Gasteiger partial charge in [0.2, 0.25) is 0 Å². The average molecular weight is 412 g/mol. The van der Waals surface area contributed by atoms with Crippen LogP contribution in [0.25, 0.3) is 10.6 Å². The number of hydrogen-bond donors (Lipinski definition) is 1. The zero-order valence-corrected chi connectivity index (χ0v) is 16.4. The fourth-order valence-electron chi connectivity index (χ4n) is 2.65. The van der Waals surface area contributed by atoms with Crippen molar-refractivity contribution >= 4 is 40.2 Å². The first-order valence-electron chi connectivity index (χ1n) is 8.17. The number of thiazole rings is 2. The first-order chi connectivity index (χ1) is 13.2. The van der Waals surface area contributed by atoms with Crippen molar-refractivity contribution in [3.63, 3.8) is 0 Å². The van der Waals surface area contributed by atoms with Gasteiger partial charge in [-0.2, -0.15) is 0 Å². The van der Waals surface area contributed by atoms with Gasteiger partial charge in [0.15, 0.2) is 0 Å². The summed E-state index contributed by atoms with van der Waals surface area (Å²) < 4.78 is 0. The molecule has 0 aliphatic carbocycles. The van der Waals surface area contributed by atoms with E-state index in [1.807, 2.05) is 60.0 Å². The van der Waals surface area contributed by atoms with Crippen molar-refractivity contribution in [1.29, 1.82) is 0 Å². The van der Waals surface area contributed by atoms with Crippen molar-refractivity contribution in [3.05, 3.63) is 92.8 Å². The van der Waals surface area contributed by atoms with Crippen LogP contribution in [0.2, 0.25) is 5.02 Å². The Labute approximate surface area is 169 Å². The minimum atomic E-state index is -0.310. The normalized spacial score (nSPS) is 11.9. The predicted molar refractivity (Wildman–Crippen MR) is 110 cm³/mol.